The Labute approximate surface area is 109 Å². The molecule has 0 bridgehead atoms. The highest BCUT2D eigenvalue weighted by Gasteiger charge is 2.06. The number of benzene rings is 1. The molecule has 0 aliphatic rings. The quantitative estimate of drug-likeness (QED) is 0.729. The van der Waals surface area contributed by atoms with Crippen molar-refractivity contribution in [1.82, 2.24) is 5.32 Å². The minimum atomic E-state index is -0.731. The number of aliphatic carboxylic acids is 1. The molecule has 100 valence electrons. The van der Waals surface area contributed by atoms with Gasteiger partial charge in [-0.15, -0.1) is 0 Å². The zero-order valence-corrected chi connectivity index (χ0v) is 11.4. The van der Waals surface area contributed by atoms with Crippen LogP contribution in [0.25, 0.3) is 0 Å². The molecule has 2 N–H and O–H groups in total. The van der Waals surface area contributed by atoms with Crippen LogP contribution < -0.4 is 5.32 Å². The van der Waals surface area contributed by atoms with Crippen molar-refractivity contribution in [2.75, 3.05) is 6.54 Å². The van der Waals surface area contributed by atoms with E-state index in [4.69, 9.17) is 5.11 Å². The lowest BCUT2D eigenvalue weighted by atomic mass is 9.99. The van der Waals surface area contributed by atoms with E-state index in [0.717, 1.165) is 6.54 Å². The molecule has 3 heteroatoms. The highest BCUT2D eigenvalue weighted by molar-refractivity contribution is 5.66. The van der Waals surface area contributed by atoms with Crippen molar-refractivity contribution >= 4 is 5.97 Å². The molecule has 1 aromatic carbocycles. The van der Waals surface area contributed by atoms with E-state index in [1.807, 2.05) is 0 Å². The Hall–Kier alpha value is -1.35. The summed E-state index contributed by atoms with van der Waals surface area (Å²) in [5, 5.41) is 11.9. The van der Waals surface area contributed by atoms with E-state index in [1.165, 1.54) is 11.1 Å². The summed E-state index contributed by atoms with van der Waals surface area (Å²) in [4.78, 5) is 10.4. The van der Waals surface area contributed by atoms with Crippen molar-refractivity contribution in [2.24, 2.45) is 0 Å². The number of carboxylic acids is 1. The van der Waals surface area contributed by atoms with Gasteiger partial charge in [-0.2, -0.15) is 0 Å². The maximum absolute atomic E-state index is 10.4. The smallest absolute Gasteiger partial charge is 0.303 e. The molecule has 0 fully saturated rings. The van der Waals surface area contributed by atoms with Gasteiger partial charge in [0.2, 0.25) is 0 Å². The van der Waals surface area contributed by atoms with Crippen LogP contribution in [0.5, 0.6) is 0 Å². The summed E-state index contributed by atoms with van der Waals surface area (Å²) in [7, 11) is 0. The van der Waals surface area contributed by atoms with E-state index in [9.17, 15) is 4.79 Å². The van der Waals surface area contributed by atoms with Gasteiger partial charge in [0.05, 0.1) is 0 Å². The highest BCUT2D eigenvalue weighted by atomic mass is 16.4. The molecule has 1 unspecified atom stereocenters. The molecular formula is C15H23NO2. The van der Waals surface area contributed by atoms with Crippen LogP contribution in [0.2, 0.25) is 0 Å². The lowest BCUT2D eigenvalue weighted by Crippen LogP contribution is -2.20. The molecule has 0 saturated heterocycles. The number of carboxylic acid groups (broad SMARTS) is 1. The van der Waals surface area contributed by atoms with E-state index in [-0.39, 0.29) is 12.5 Å². The third kappa shape index (κ3) is 4.88. The fourth-order valence-electron chi connectivity index (χ4n) is 1.85. The maximum atomic E-state index is 10.4. The first-order valence-electron chi connectivity index (χ1n) is 6.55. The molecule has 3 nitrogen and oxygen atoms in total. The van der Waals surface area contributed by atoms with Gasteiger partial charge >= 0.3 is 5.97 Å². The van der Waals surface area contributed by atoms with Crippen LogP contribution in [-0.2, 0) is 4.79 Å². The summed E-state index contributed by atoms with van der Waals surface area (Å²) < 4.78 is 0. The zero-order chi connectivity index (χ0) is 13.5. The first-order valence-corrected chi connectivity index (χ1v) is 6.55. The van der Waals surface area contributed by atoms with Crippen molar-refractivity contribution in [3.05, 3.63) is 35.4 Å². The second-order valence-electron chi connectivity index (χ2n) is 4.99. The highest BCUT2D eigenvalue weighted by Crippen LogP contribution is 2.18. The van der Waals surface area contributed by atoms with Gasteiger partial charge < -0.3 is 10.4 Å². The first kappa shape index (κ1) is 14.7. The fraction of sp³-hybridized carbons (Fsp3) is 0.533. The summed E-state index contributed by atoms with van der Waals surface area (Å²) in [5.41, 5.74) is 2.59. The summed E-state index contributed by atoms with van der Waals surface area (Å²) in [6.07, 6.45) is 0.899. The molecule has 18 heavy (non-hydrogen) atoms. The minimum Gasteiger partial charge on any atom is -0.481 e. The Morgan fingerprint density at radius 3 is 2.22 bits per heavy atom. The van der Waals surface area contributed by atoms with E-state index < -0.39 is 5.97 Å². The molecule has 0 radical (unpaired) electrons. The Kier molecular flexibility index (Phi) is 5.86. The van der Waals surface area contributed by atoms with Gasteiger partial charge in [-0.25, -0.2) is 0 Å². The molecule has 1 rings (SSSR count). The van der Waals surface area contributed by atoms with E-state index >= 15 is 0 Å². The molecule has 0 aliphatic carbocycles. The maximum Gasteiger partial charge on any atom is 0.303 e. The lowest BCUT2D eigenvalue weighted by molar-refractivity contribution is -0.137. The Morgan fingerprint density at radius 2 is 1.72 bits per heavy atom. The van der Waals surface area contributed by atoms with Gasteiger partial charge in [-0.3, -0.25) is 4.79 Å². The second kappa shape index (κ2) is 7.17. The summed E-state index contributed by atoms with van der Waals surface area (Å²) in [6.45, 7) is 7.20. The third-order valence-electron chi connectivity index (χ3n) is 3.12. The van der Waals surface area contributed by atoms with Crippen LogP contribution in [0.1, 0.15) is 56.7 Å². The topological polar surface area (TPSA) is 49.3 Å². The fourth-order valence-corrected chi connectivity index (χ4v) is 1.85. The molecule has 0 amide bonds. The predicted octanol–water partition coefficient (Wildman–Crippen LogP) is 3.33. The number of carbonyl (C=O) groups is 1. The number of nitrogens with one attached hydrogen (secondary N) is 1. The van der Waals surface area contributed by atoms with Crippen molar-refractivity contribution < 1.29 is 9.90 Å². The SMILES string of the molecule is CC(C)c1ccc(C(C)NCCCC(=O)O)cc1. The van der Waals surface area contributed by atoms with Crippen molar-refractivity contribution in [3.8, 4) is 0 Å². The van der Waals surface area contributed by atoms with E-state index in [1.54, 1.807) is 0 Å². The van der Waals surface area contributed by atoms with Gasteiger partial charge in [0, 0.05) is 12.5 Å². The van der Waals surface area contributed by atoms with E-state index in [2.05, 4.69) is 50.4 Å². The largest absolute Gasteiger partial charge is 0.481 e. The average molecular weight is 249 g/mol. The summed E-state index contributed by atoms with van der Waals surface area (Å²) >= 11 is 0. The van der Waals surface area contributed by atoms with Gasteiger partial charge in [-0.1, -0.05) is 38.1 Å². The van der Waals surface area contributed by atoms with Gasteiger partial charge in [-0.05, 0) is 36.9 Å². The zero-order valence-electron chi connectivity index (χ0n) is 11.4. The van der Waals surface area contributed by atoms with Crippen LogP contribution >= 0.6 is 0 Å². The molecule has 0 saturated carbocycles. The number of hydrogen-bond donors (Lipinski definition) is 2. The van der Waals surface area contributed by atoms with E-state index in [0.29, 0.717) is 12.3 Å². The molecular weight excluding hydrogens is 226 g/mol. The van der Waals surface area contributed by atoms with Crippen molar-refractivity contribution in [1.29, 1.82) is 0 Å². The third-order valence-corrected chi connectivity index (χ3v) is 3.12. The average Bonchev–Trinajstić information content (AvgIpc) is 2.34. The Morgan fingerprint density at radius 1 is 1.17 bits per heavy atom. The summed E-state index contributed by atoms with van der Waals surface area (Å²) in [5.74, 6) is -0.177. The van der Waals surface area contributed by atoms with Gasteiger partial charge in [0.25, 0.3) is 0 Å². The monoisotopic (exact) mass is 249 g/mol. The van der Waals surface area contributed by atoms with Gasteiger partial charge in [0.1, 0.15) is 0 Å². The van der Waals surface area contributed by atoms with Crippen molar-refractivity contribution in [3.63, 3.8) is 0 Å². The van der Waals surface area contributed by atoms with Crippen LogP contribution in [-0.4, -0.2) is 17.6 Å². The number of rotatable bonds is 7. The van der Waals surface area contributed by atoms with Crippen LogP contribution in [0.4, 0.5) is 0 Å². The normalized spacial score (nSPS) is 12.7. The minimum absolute atomic E-state index is 0.228. The first-order chi connectivity index (χ1) is 8.50. The number of hydrogen-bond acceptors (Lipinski definition) is 2. The molecule has 0 aromatic heterocycles. The molecule has 0 spiro atoms. The molecule has 0 heterocycles. The molecule has 0 aliphatic heterocycles. The van der Waals surface area contributed by atoms with Gasteiger partial charge in [0.15, 0.2) is 0 Å². The van der Waals surface area contributed by atoms with Crippen LogP contribution in [0.3, 0.4) is 0 Å². The van der Waals surface area contributed by atoms with Crippen molar-refractivity contribution in [2.45, 2.75) is 45.6 Å². The summed E-state index contributed by atoms with van der Waals surface area (Å²) in [6, 6.07) is 8.87. The molecule has 1 atom stereocenters. The van der Waals surface area contributed by atoms with Crippen LogP contribution in [0, 0.1) is 0 Å². The second-order valence-corrected chi connectivity index (χ2v) is 4.99. The Bertz CT molecular complexity index is 371. The lowest BCUT2D eigenvalue weighted by Gasteiger charge is -2.15. The predicted molar refractivity (Wildman–Crippen MR) is 73.8 cm³/mol. The van der Waals surface area contributed by atoms with Crippen LogP contribution in [0.15, 0.2) is 24.3 Å². The standard InChI is InChI=1S/C15H23NO2/c1-11(2)13-6-8-14(9-7-13)12(3)16-10-4-5-15(17)18/h6-9,11-12,16H,4-5,10H2,1-3H3,(H,17,18). The molecule has 1 aromatic rings. The Balaban J connectivity index is 2.41.